The normalized spacial score (nSPS) is 15.9. The summed E-state index contributed by atoms with van der Waals surface area (Å²) in [7, 11) is -3.71. The fraction of sp³-hybridized carbons (Fsp3) is 0.350. The molecule has 1 heterocycles. The average Bonchev–Trinajstić information content (AvgIpc) is 2.69. The van der Waals surface area contributed by atoms with E-state index in [1.165, 1.54) is 10.4 Å². The number of hydrogen-bond donors (Lipinski definition) is 0. The highest BCUT2D eigenvalue weighted by molar-refractivity contribution is 7.89. The van der Waals surface area contributed by atoms with E-state index in [2.05, 4.69) is 0 Å². The lowest BCUT2D eigenvalue weighted by atomic mass is 10.1. The fourth-order valence-electron chi connectivity index (χ4n) is 3.15. The maximum absolute atomic E-state index is 13.0. The van der Waals surface area contributed by atoms with Crippen molar-refractivity contribution in [1.82, 2.24) is 9.21 Å². The molecule has 0 unspecified atom stereocenters. The van der Waals surface area contributed by atoms with Gasteiger partial charge in [0.05, 0.1) is 5.02 Å². The molecule has 2 aromatic carbocycles. The summed E-state index contributed by atoms with van der Waals surface area (Å²) in [6.07, 6.45) is 0. The number of amides is 1. The second-order valence-electron chi connectivity index (χ2n) is 7.19. The highest BCUT2D eigenvalue weighted by Crippen LogP contribution is 2.26. The predicted octanol–water partition coefficient (Wildman–Crippen LogP) is 3.68. The third kappa shape index (κ3) is 4.86. The third-order valence-corrected chi connectivity index (χ3v) is 7.33. The van der Waals surface area contributed by atoms with Crippen molar-refractivity contribution in [3.05, 3.63) is 58.6 Å². The number of hydrogen-bond acceptors (Lipinski definition) is 4. The number of rotatable bonds is 5. The first-order valence-electron chi connectivity index (χ1n) is 9.10. The van der Waals surface area contributed by atoms with Crippen LogP contribution in [0.5, 0.6) is 5.75 Å². The topological polar surface area (TPSA) is 66.9 Å². The highest BCUT2D eigenvalue weighted by Gasteiger charge is 2.38. The van der Waals surface area contributed by atoms with E-state index in [4.69, 9.17) is 27.9 Å². The molecule has 1 amide bonds. The minimum atomic E-state index is -3.71. The number of benzene rings is 2. The molecule has 0 bridgehead atoms. The third-order valence-electron chi connectivity index (χ3n) is 4.68. The molecular weight excluding hydrogens is 435 g/mol. The van der Waals surface area contributed by atoms with Crippen LogP contribution in [0.25, 0.3) is 0 Å². The quantitative estimate of drug-likeness (QED) is 0.687. The summed E-state index contributed by atoms with van der Waals surface area (Å²) in [6, 6.07) is 13.1. The molecule has 9 heteroatoms. The van der Waals surface area contributed by atoms with E-state index in [9.17, 15) is 13.2 Å². The zero-order valence-corrected chi connectivity index (χ0v) is 18.5. The number of carbonyl (C=O) groups excluding carboxylic acids is 1. The van der Waals surface area contributed by atoms with Gasteiger partial charge in [-0.05, 0) is 50.2 Å². The predicted molar refractivity (Wildman–Crippen MR) is 113 cm³/mol. The van der Waals surface area contributed by atoms with Crippen LogP contribution in [-0.2, 0) is 14.8 Å². The Labute approximate surface area is 181 Å². The fourth-order valence-corrected chi connectivity index (χ4v) is 5.19. The van der Waals surface area contributed by atoms with E-state index in [1.807, 2.05) is 0 Å². The Kier molecular flexibility index (Phi) is 6.43. The summed E-state index contributed by atoms with van der Waals surface area (Å²) in [6.45, 7) is 4.31. The van der Waals surface area contributed by atoms with Crippen molar-refractivity contribution in [3.63, 3.8) is 0 Å². The van der Waals surface area contributed by atoms with Gasteiger partial charge in [-0.1, -0.05) is 35.3 Å². The van der Waals surface area contributed by atoms with Crippen molar-refractivity contribution in [3.8, 4) is 5.75 Å². The lowest BCUT2D eigenvalue weighted by molar-refractivity contribution is -0.146. The maximum atomic E-state index is 13.0. The van der Waals surface area contributed by atoms with Gasteiger partial charge in [-0.3, -0.25) is 4.79 Å². The monoisotopic (exact) mass is 456 g/mol. The molecule has 29 heavy (non-hydrogen) atoms. The lowest BCUT2D eigenvalue weighted by Crippen LogP contribution is -2.56. The van der Waals surface area contributed by atoms with E-state index < -0.39 is 15.6 Å². The van der Waals surface area contributed by atoms with Gasteiger partial charge in [0.25, 0.3) is 5.91 Å². The number of carbonyl (C=O) groups is 1. The Morgan fingerprint density at radius 2 is 1.55 bits per heavy atom. The molecule has 1 saturated heterocycles. The van der Waals surface area contributed by atoms with Crippen LogP contribution >= 0.6 is 23.2 Å². The number of piperazine rings is 1. The molecule has 3 rings (SSSR count). The Hall–Kier alpha value is -1.80. The molecule has 0 aromatic heterocycles. The molecule has 0 radical (unpaired) electrons. The smallest absolute Gasteiger partial charge is 0.266 e. The summed E-state index contributed by atoms with van der Waals surface area (Å²) in [5, 5.41) is 0.765. The molecular formula is C20H22Cl2N2O4S. The van der Waals surface area contributed by atoms with Gasteiger partial charge in [0.1, 0.15) is 10.6 Å². The van der Waals surface area contributed by atoms with Crippen LogP contribution in [-0.4, -0.2) is 55.3 Å². The summed E-state index contributed by atoms with van der Waals surface area (Å²) < 4.78 is 32.9. The van der Waals surface area contributed by atoms with E-state index in [-0.39, 0.29) is 42.0 Å². The molecule has 0 aliphatic carbocycles. The van der Waals surface area contributed by atoms with Crippen LogP contribution in [0.2, 0.25) is 10.0 Å². The standard InChI is InChI=1S/C20H22Cl2N2O4S/c1-20(2,28-16-9-7-15(21)8-10-16)19(25)23-11-13-24(14-12-23)29(26,27)18-6-4-3-5-17(18)22/h3-10H,11-14H2,1-2H3. The minimum Gasteiger partial charge on any atom is -0.478 e. The largest absolute Gasteiger partial charge is 0.478 e. The van der Waals surface area contributed by atoms with Gasteiger partial charge in [0.2, 0.25) is 10.0 Å². The van der Waals surface area contributed by atoms with E-state index in [1.54, 1.807) is 61.2 Å². The van der Waals surface area contributed by atoms with Crippen LogP contribution in [0.15, 0.2) is 53.4 Å². The summed E-state index contributed by atoms with van der Waals surface area (Å²) >= 11 is 11.9. The lowest BCUT2D eigenvalue weighted by Gasteiger charge is -2.38. The van der Waals surface area contributed by atoms with Crippen molar-refractivity contribution >= 4 is 39.1 Å². The number of sulfonamides is 1. The van der Waals surface area contributed by atoms with Gasteiger partial charge in [0.15, 0.2) is 5.60 Å². The molecule has 1 aliphatic heterocycles. The molecule has 2 aromatic rings. The van der Waals surface area contributed by atoms with Gasteiger partial charge in [-0.2, -0.15) is 4.31 Å². The summed E-state index contributed by atoms with van der Waals surface area (Å²) in [5.74, 6) is 0.329. The first-order chi connectivity index (χ1) is 13.6. The van der Waals surface area contributed by atoms with E-state index in [0.717, 1.165) is 0 Å². The second kappa shape index (κ2) is 8.52. The Morgan fingerprint density at radius 3 is 2.14 bits per heavy atom. The zero-order valence-electron chi connectivity index (χ0n) is 16.1. The van der Waals surface area contributed by atoms with Crippen molar-refractivity contribution in [2.24, 2.45) is 0 Å². The molecule has 156 valence electrons. The van der Waals surface area contributed by atoms with Gasteiger partial charge in [0, 0.05) is 31.2 Å². The molecule has 6 nitrogen and oxygen atoms in total. The summed E-state index contributed by atoms with van der Waals surface area (Å²) in [5.41, 5.74) is -1.10. The van der Waals surface area contributed by atoms with Crippen LogP contribution in [0, 0.1) is 0 Å². The minimum absolute atomic E-state index is 0.0767. The van der Waals surface area contributed by atoms with Crippen molar-refractivity contribution < 1.29 is 17.9 Å². The van der Waals surface area contributed by atoms with Crippen LogP contribution in [0.3, 0.4) is 0 Å². The Morgan fingerprint density at radius 1 is 0.966 bits per heavy atom. The summed E-state index contributed by atoms with van der Waals surface area (Å²) in [4.78, 5) is 14.7. The molecule has 1 aliphatic rings. The van der Waals surface area contributed by atoms with Crippen LogP contribution in [0.4, 0.5) is 0 Å². The number of ether oxygens (including phenoxy) is 1. The van der Waals surface area contributed by atoms with Gasteiger partial charge in [-0.25, -0.2) is 8.42 Å². The van der Waals surface area contributed by atoms with E-state index in [0.29, 0.717) is 10.8 Å². The van der Waals surface area contributed by atoms with Crippen LogP contribution in [0.1, 0.15) is 13.8 Å². The first-order valence-corrected chi connectivity index (χ1v) is 11.3. The van der Waals surface area contributed by atoms with Gasteiger partial charge < -0.3 is 9.64 Å². The molecule has 0 saturated carbocycles. The van der Waals surface area contributed by atoms with Crippen molar-refractivity contribution in [1.29, 1.82) is 0 Å². The SMILES string of the molecule is CC(C)(Oc1ccc(Cl)cc1)C(=O)N1CCN(S(=O)(=O)c2ccccc2Cl)CC1. The van der Waals surface area contributed by atoms with Gasteiger partial charge >= 0.3 is 0 Å². The number of nitrogens with zero attached hydrogens (tertiary/aromatic N) is 2. The molecule has 0 atom stereocenters. The van der Waals surface area contributed by atoms with Crippen LogP contribution < -0.4 is 4.74 Å². The van der Waals surface area contributed by atoms with Gasteiger partial charge in [-0.15, -0.1) is 0 Å². The zero-order chi connectivity index (χ0) is 21.2. The molecule has 1 fully saturated rings. The van der Waals surface area contributed by atoms with E-state index >= 15 is 0 Å². The Balaban J connectivity index is 1.66. The second-order valence-corrected chi connectivity index (χ2v) is 9.94. The van der Waals surface area contributed by atoms with Crippen molar-refractivity contribution in [2.75, 3.05) is 26.2 Å². The molecule has 0 spiro atoms. The average molecular weight is 457 g/mol. The van der Waals surface area contributed by atoms with Crippen molar-refractivity contribution in [2.45, 2.75) is 24.3 Å². The maximum Gasteiger partial charge on any atom is 0.266 e. The highest BCUT2D eigenvalue weighted by atomic mass is 35.5. The Bertz CT molecular complexity index is 986. The number of halogens is 2. The molecule has 0 N–H and O–H groups in total. The first kappa shape index (κ1) is 21.9.